The molecule has 0 saturated heterocycles. The average molecular weight is 422 g/mol. The summed E-state index contributed by atoms with van der Waals surface area (Å²) in [4.78, 5) is 25.3. The minimum Gasteiger partial charge on any atom is -0.465 e. The fraction of sp³-hybridized carbons (Fsp3) is 0.444. The molecule has 0 fully saturated rings. The third-order valence-electron chi connectivity index (χ3n) is 4.75. The van der Waals surface area contributed by atoms with Gasteiger partial charge < -0.3 is 21.1 Å². The van der Waals surface area contributed by atoms with Gasteiger partial charge in [-0.3, -0.25) is 9.48 Å². The van der Waals surface area contributed by atoms with E-state index in [0.29, 0.717) is 28.7 Å². The maximum Gasteiger partial charge on any atom is 0.341 e. The molecule has 1 atom stereocenters. The van der Waals surface area contributed by atoms with Crippen molar-refractivity contribution in [2.24, 2.45) is 11.7 Å². The van der Waals surface area contributed by atoms with E-state index in [1.807, 2.05) is 6.92 Å². The van der Waals surface area contributed by atoms with Crippen LogP contribution in [0, 0.1) is 5.92 Å². The van der Waals surface area contributed by atoms with Gasteiger partial charge in [-0.2, -0.15) is 5.10 Å². The SMILES string of the molecule is CCn1ncc(NC(=S)Nc2sc3c(c2C(=O)OC)CCC(C)C3)c1C(N)=O. The number of primary amides is 1. The molecule has 0 saturated carbocycles. The number of thiophene rings is 1. The second kappa shape index (κ2) is 8.27. The van der Waals surface area contributed by atoms with Gasteiger partial charge in [-0.25, -0.2) is 4.79 Å². The first-order chi connectivity index (χ1) is 13.3. The van der Waals surface area contributed by atoms with Crippen LogP contribution in [0.15, 0.2) is 6.20 Å². The molecular weight excluding hydrogens is 398 g/mol. The molecule has 150 valence electrons. The number of aromatic nitrogens is 2. The van der Waals surface area contributed by atoms with E-state index < -0.39 is 5.91 Å². The number of hydrogen-bond donors (Lipinski definition) is 3. The van der Waals surface area contributed by atoms with Gasteiger partial charge in [0, 0.05) is 11.4 Å². The molecular formula is C18H23N5O3S2. The van der Waals surface area contributed by atoms with Gasteiger partial charge in [0.1, 0.15) is 10.7 Å². The Morgan fingerprint density at radius 1 is 1.46 bits per heavy atom. The highest BCUT2D eigenvalue weighted by molar-refractivity contribution is 7.80. The Morgan fingerprint density at radius 3 is 2.86 bits per heavy atom. The van der Waals surface area contributed by atoms with Crippen LogP contribution in [0.3, 0.4) is 0 Å². The summed E-state index contributed by atoms with van der Waals surface area (Å²) in [7, 11) is 1.37. The number of amides is 1. The molecule has 1 amide bonds. The number of thiocarbonyl (C=S) groups is 1. The van der Waals surface area contributed by atoms with Crippen LogP contribution < -0.4 is 16.4 Å². The first kappa shape index (κ1) is 20.3. The molecule has 0 aromatic carbocycles. The normalized spacial score (nSPS) is 15.6. The van der Waals surface area contributed by atoms with E-state index in [4.69, 9.17) is 22.7 Å². The van der Waals surface area contributed by atoms with E-state index in [1.54, 1.807) is 0 Å². The van der Waals surface area contributed by atoms with Gasteiger partial charge in [0.05, 0.1) is 24.6 Å². The van der Waals surface area contributed by atoms with Crippen molar-refractivity contribution in [2.45, 2.75) is 39.7 Å². The smallest absolute Gasteiger partial charge is 0.341 e. The fourth-order valence-electron chi connectivity index (χ4n) is 3.39. The zero-order chi connectivity index (χ0) is 20.4. The van der Waals surface area contributed by atoms with Gasteiger partial charge in [0.2, 0.25) is 0 Å². The van der Waals surface area contributed by atoms with Crippen molar-refractivity contribution in [3.63, 3.8) is 0 Å². The lowest BCUT2D eigenvalue weighted by atomic mass is 9.88. The van der Waals surface area contributed by atoms with Gasteiger partial charge in [-0.15, -0.1) is 11.3 Å². The standard InChI is InChI=1S/C18H23N5O3S2/c1-4-23-14(15(19)24)11(8-20-23)21-18(27)22-16-13(17(25)26-3)10-6-5-9(2)7-12(10)28-16/h8-9H,4-7H2,1-3H3,(H2,19,24)(H2,21,22,27). The number of nitrogens with one attached hydrogen (secondary N) is 2. The Hall–Kier alpha value is -2.46. The number of rotatable bonds is 5. The van der Waals surface area contributed by atoms with E-state index in [9.17, 15) is 9.59 Å². The molecule has 1 aliphatic carbocycles. The number of nitrogens with two attached hydrogens (primary N) is 1. The molecule has 0 spiro atoms. The van der Waals surface area contributed by atoms with Crippen LogP contribution in [0.5, 0.6) is 0 Å². The van der Waals surface area contributed by atoms with Crippen molar-refractivity contribution in [3.05, 3.63) is 27.9 Å². The van der Waals surface area contributed by atoms with Crippen LogP contribution in [0.4, 0.5) is 10.7 Å². The van der Waals surface area contributed by atoms with Crippen molar-refractivity contribution in [1.29, 1.82) is 0 Å². The van der Waals surface area contributed by atoms with Crippen LogP contribution in [-0.2, 0) is 24.1 Å². The summed E-state index contributed by atoms with van der Waals surface area (Å²) < 4.78 is 6.48. The number of nitrogens with zero attached hydrogens (tertiary/aromatic N) is 2. The van der Waals surface area contributed by atoms with E-state index in [-0.39, 0.29) is 16.8 Å². The lowest BCUT2D eigenvalue weighted by Crippen LogP contribution is -2.24. The highest BCUT2D eigenvalue weighted by atomic mass is 32.1. The second-order valence-electron chi connectivity index (χ2n) is 6.71. The van der Waals surface area contributed by atoms with Crippen molar-refractivity contribution in [3.8, 4) is 0 Å². The number of aryl methyl sites for hydroxylation is 1. The Morgan fingerprint density at radius 2 is 2.21 bits per heavy atom. The molecule has 2 aromatic heterocycles. The predicted octanol–water partition coefficient (Wildman–Crippen LogP) is 2.78. The van der Waals surface area contributed by atoms with Crippen LogP contribution in [-0.4, -0.2) is 33.9 Å². The summed E-state index contributed by atoms with van der Waals surface area (Å²) in [5.74, 6) is -0.401. The van der Waals surface area contributed by atoms with Crippen LogP contribution in [0.2, 0.25) is 0 Å². The molecule has 28 heavy (non-hydrogen) atoms. The molecule has 1 unspecified atom stereocenters. The molecule has 4 N–H and O–H groups in total. The number of methoxy groups -OCH3 is 1. The molecule has 2 aromatic rings. The molecule has 2 heterocycles. The predicted molar refractivity (Wildman–Crippen MR) is 113 cm³/mol. The number of carbonyl (C=O) groups is 2. The summed E-state index contributed by atoms with van der Waals surface area (Å²) >= 11 is 6.92. The maximum absolute atomic E-state index is 12.4. The summed E-state index contributed by atoms with van der Waals surface area (Å²) in [5, 5.41) is 11.1. The van der Waals surface area contributed by atoms with Crippen LogP contribution >= 0.6 is 23.6 Å². The number of fused-ring (bicyclic) bond motifs is 1. The highest BCUT2D eigenvalue weighted by Crippen LogP contribution is 2.40. The zero-order valence-electron chi connectivity index (χ0n) is 16.0. The molecule has 8 nitrogen and oxygen atoms in total. The summed E-state index contributed by atoms with van der Waals surface area (Å²) in [6.45, 7) is 4.57. The topological polar surface area (TPSA) is 111 Å². The number of anilines is 2. The second-order valence-corrected chi connectivity index (χ2v) is 8.23. The fourth-order valence-corrected chi connectivity index (χ4v) is 5.07. The molecule has 1 aliphatic rings. The number of ether oxygens (including phenoxy) is 1. The van der Waals surface area contributed by atoms with Crippen LogP contribution in [0.1, 0.15) is 51.6 Å². The zero-order valence-corrected chi connectivity index (χ0v) is 17.6. The van der Waals surface area contributed by atoms with E-state index in [2.05, 4.69) is 22.7 Å². The van der Waals surface area contributed by atoms with Gasteiger partial charge in [0.15, 0.2) is 5.11 Å². The van der Waals surface area contributed by atoms with Crippen molar-refractivity contribution in [2.75, 3.05) is 17.7 Å². The highest BCUT2D eigenvalue weighted by Gasteiger charge is 2.28. The average Bonchev–Trinajstić information content (AvgIpc) is 3.21. The van der Waals surface area contributed by atoms with E-state index in [0.717, 1.165) is 24.8 Å². The number of esters is 1. The summed E-state index contributed by atoms with van der Waals surface area (Å²) in [5.41, 5.74) is 7.71. The molecule has 0 aliphatic heterocycles. The van der Waals surface area contributed by atoms with Gasteiger partial charge in [0.25, 0.3) is 5.91 Å². The van der Waals surface area contributed by atoms with Gasteiger partial charge in [-0.1, -0.05) is 6.92 Å². The third-order valence-corrected chi connectivity index (χ3v) is 6.12. The van der Waals surface area contributed by atoms with Crippen molar-refractivity contribution < 1.29 is 14.3 Å². The molecule has 0 bridgehead atoms. The third kappa shape index (κ3) is 3.88. The molecule has 0 radical (unpaired) electrons. The Bertz CT molecular complexity index is 934. The minimum absolute atomic E-state index is 0.245. The van der Waals surface area contributed by atoms with Crippen molar-refractivity contribution >= 4 is 51.2 Å². The number of hydrogen-bond acceptors (Lipinski definition) is 6. The minimum atomic E-state index is -0.597. The quantitative estimate of drug-likeness (QED) is 0.503. The Labute approximate surface area is 172 Å². The molecule has 10 heteroatoms. The van der Waals surface area contributed by atoms with E-state index in [1.165, 1.54) is 34.2 Å². The summed E-state index contributed by atoms with van der Waals surface area (Å²) in [6, 6.07) is 0. The Kier molecular flexibility index (Phi) is 5.99. The number of carbonyl (C=O) groups excluding carboxylic acids is 2. The van der Waals surface area contributed by atoms with Gasteiger partial charge >= 0.3 is 5.97 Å². The van der Waals surface area contributed by atoms with E-state index >= 15 is 0 Å². The largest absolute Gasteiger partial charge is 0.465 e. The maximum atomic E-state index is 12.4. The lowest BCUT2D eigenvalue weighted by molar-refractivity contribution is 0.0600. The summed E-state index contributed by atoms with van der Waals surface area (Å²) in [6.07, 6.45) is 4.31. The van der Waals surface area contributed by atoms with Gasteiger partial charge in [-0.05, 0) is 49.9 Å². The first-order valence-corrected chi connectivity index (χ1v) is 10.2. The van der Waals surface area contributed by atoms with Crippen LogP contribution in [0.25, 0.3) is 0 Å². The first-order valence-electron chi connectivity index (χ1n) is 9.02. The lowest BCUT2D eigenvalue weighted by Gasteiger charge is -2.18. The van der Waals surface area contributed by atoms with Crippen molar-refractivity contribution in [1.82, 2.24) is 9.78 Å². The monoisotopic (exact) mass is 421 g/mol. The molecule has 3 rings (SSSR count). The Balaban J connectivity index is 1.86.